The van der Waals surface area contributed by atoms with Gasteiger partial charge in [-0.2, -0.15) is 5.10 Å². The van der Waals surface area contributed by atoms with Crippen LogP contribution in [0.2, 0.25) is 0 Å². The molecule has 1 aromatic heterocycles. The van der Waals surface area contributed by atoms with Crippen LogP contribution in [0.3, 0.4) is 0 Å². The monoisotopic (exact) mass is 275 g/mol. The summed E-state index contributed by atoms with van der Waals surface area (Å²) < 4.78 is 1.29. The number of rotatable bonds is 3. The maximum absolute atomic E-state index is 11.2. The number of carboxylic acid groups (broad SMARTS) is 1. The van der Waals surface area contributed by atoms with Crippen molar-refractivity contribution in [1.82, 2.24) is 9.78 Å². The number of nitrogens with zero attached hydrogens (tertiary/aromatic N) is 3. The van der Waals surface area contributed by atoms with E-state index in [-0.39, 0.29) is 17.1 Å². The second-order valence-electron chi connectivity index (χ2n) is 4.57. The van der Waals surface area contributed by atoms with Gasteiger partial charge in [-0.1, -0.05) is 0 Å². The van der Waals surface area contributed by atoms with Gasteiger partial charge in [-0.15, -0.1) is 0 Å². The molecule has 0 aliphatic rings. The normalized spacial score (nSPS) is 10.6. The van der Waals surface area contributed by atoms with Crippen molar-refractivity contribution in [2.75, 3.05) is 0 Å². The molecule has 2 aromatic rings. The van der Waals surface area contributed by atoms with Crippen LogP contribution in [0.4, 0.5) is 5.69 Å². The van der Waals surface area contributed by atoms with Gasteiger partial charge in [0.25, 0.3) is 5.69 Å². The van der Waals surface area contributed by atoms with Gasteiger partial charge in [0, 0.05) is 11.8 Å². The molecule has 0 unspecified atom stereocenters. The van der Waals surface area contributed by atoms with Gasteiger partial charge in [0.1, 0.15) is 5.69 Å². The van der Waals surface area contributed by atoms with Crippen LogP contribution in [0.25, 0.3) is 5.69 Å². The summed E-state index contributed by atoms with van der Waals surface area (Å²) in [6, 6.07) is 4.48. The highest BCUT2D eigenvalue weighted by Crippen LogP contribution is 2.27. The van der Waals surface area contributed by atoms with Crippen molar-refractivity contribution in [3.05, 3.63) is 50.8 Å². The first-order chi connectivity index (χ1) is 9.31. The summed E-state index contributed by atoms with van der Waals surface area (Å²) in [7, 11) is 0. The van der Waals surface area contributed by atoms with Gasteiger partial charge in [-0.05, 0) is 44.0 Å². The Balaban J connectivity index is 2.71. The van der Waals surface area contributed by atoms with Crippen LogP contribution in [0.15, 0.2) is 18.2 Å². The lowest BCUT2D eigenvalue weighted by molar-refractivity contribution is -0.384. The van der Waals surface area contributed by atoms with Crippen LogP contribution in [0.5, 0.6) is 0 Å². The van der Waals surface area contributed by atoms with E-state index in [1.165, 1.54) is 16.8 Å². The SMILES string of the molecule is Cc1cc(-n2nc(C(=O)O)cc2C)c([N+](=O)[O-])cc1C. The summed E-state index contributed by atoms with van der Waals surface area (Å²) in [5.74, 6) is -1.17. The maximum atomic E-state index is 11.2. The maximum Gasteiger partial charge on any atom is 0.356 e. The van der Waals surface area contributed by atoms with Crippen LogP contribution in [-0.2, 0) is 0 Å². The molecule has 0 aliphatic carbocycles. The number of benzene rings is 1. The van der Waals surface area contributed by atoms with E-state index >= 15 is 0 Å². The Morgan fingerprint density at radius 2 is 1.85 bits per heavy atom. The van der Waals surface area contributed by atoms with Gasteiger partial charge in [0.15, 0.2) is 5.69 Å². The van der Waals surface area contributed by atoms with Crippen molar-refractivity contribution in [1.29, 1.82) is 0 Å². The van der Waals surface area contributed by atoms with E-state index in [0.717, 1.165) is 11.1 Å². The van der Waals surface area contributed by atoms with Crippen molar-refractivity contribution in [3.8, 4) is 5.69 Å². The molecule has 0 atom stereocenters. The highest BCUT2D eigenvalue weighted by atomic mass is 16.6. The predicted octanol–water partition coefficient (Wildman–Crippen LogP) is 2.40. The van der Waals surface area contributed by atoms with Gasteiger partial charge in [-0.3, -0.25) is 10.1 Å². The zero-order valence-electron chi connectivity index (χ0n) is 11.2. The van der Waals surface area contributed by atoms with E-state index < -0.39 is 10.9 Å². The average Bonchev–Trinajstić information content (AvgIpc) is 2.74. The fourth-order valence-corrected chi connectivity index (χ4v) is 1.92. The second-order valence-corrected chi connectivity index (χ2v) is 4.57. The number of carboxylic acids is 1. The van der Waals surface area contributed by atoms with Crippen LogP contribution >= 0.6 is 0 Å². The Morgan fingerprint density at radius 1 is 1.25 bits per heavy atom. The number of nitro groups is 1. The molecule has 0 radical (unpaired) electrons. The lowest BCUT2D eigenvalue weighted by atomic mass is 10.1. The molecule has 7 heteroatoms. The molecule has 0 amide bonds. The highest BCUT2D eigenvalue weighted by molar-refractivity contribution is 5.85. The van der Waals surface area contributed by atoms with Crippen LogP contribution < -0.4 is 0 Å². The third-order valence-corrected chi connectivity index (χ3v) is 3.12. The Morgan fingerprint density at radius 3 is 2.35 bits per heavy atom. The smallest absolute Gasteiger partial charge is 0.356 e. The standard InChI is InChI=1S/C13H13N3O4/c1-7-4-11(12(16(19)20)5-8(7)2)15-9(3)6-10(14-15)13(17)18/h4-6H,1-3H3,(H,17,18). The molecule has 1 aromatic carbocycles. The van der Waals surface area contributed by atoms with Crippen LogP contribution in [0.1, 0.15) is 27.3 Å². The molecule has 1 heterocycles. The number of carbonyl (C=O) groups is 1. The van der Waals surface area contributed by atoms with E-state index in [1.807, 2.05) is 6.92 Å². The lowest BCUT2D eigenvalue weighted by Crippen LogP contribution is -2.06. The first-order valence-electron chi connectivity index (χ1n) is 5.87. The van der Waals surface area contributed by atoms with Gasteiger partial charge < -0.3 is 5.11 Å². The van der Waals surface area contributed by atoms with E-state index in [0.29, 0.717) is 5.69 Å². The molecule has 2 rings (SSSR count). The van der Waals surface area contributed by atoms with Crippen molar-refractivity contribution in [3.63, 3.8) is 0 Å². The first kappa shape index (κ1) is 13.7. The molecular formula is C13H13N3O4. The number of aromatic nitrogens is 2. The molecule has 20 heavy (non-hydrogen) atoms. The fourth-order valence-electron chi connectivity index (χ4n) is 1.92. The second kappa shape index (κ2) is 4.76. The molecule has 0 fully saturated rings. The summed E-state index contributed by atoms with van der Waals surface area (Å²) in [6.45, 7) is 5.27. The first-order valence-corrected chi connectivity index (χ1v) is 5.87. The van der Waals surface area contributed by atoms with Crippen molar-refractivity contribution in [2.45, 2.75) is 20.8 Å². The number of hydrogen-bond acceptors (Lipinski definition) is 4. The van der Waals surface area contributed by atoms with Crippen LogP contribution in [0, 0.1) is 30.9 Å². The van der Waals surface area contributed by atoms with Crippen molar-refractivity contribution >= 4 is 11.7 Å². The van der Waals surface area contributed by atoms with E-state index in [2.05, 4.69) is 5.10 Å². The fraction of sp³-hybridized carbons (Fsp3) is 0.231. The predicted molar refractivity (Wildman–Crippen MR) is 71.4 cm³/mol. The largest absolute Gasteiger partial charge is 0.476 e. The van der Waals surface area contributed by atoms with Crippen LogP contribution in [-0.4, -0.2) is 25.8 Å². The third-order valence-electron chi connectivity index (χ3n) is 3.12. The molecular weight excluding hydrogens is 262 g/mol. The number of nitro benzene ring substituents is 1. The van der Waals surface area contributed by atoms with E-state index in [9.17, 15) is 14.9 Å². The summed E-state index contributed by atoms with van der Waals surface area (Å²) in [5.41, 5.74) is 2.21. The number of aryl methyl sites for hydroxylation is 3. The van der Waals surface area contributed by atoms with E-state index in [1.54, 1.807) is 19.9 Å². The zero-order chi connectivity index (χ0) is 15.0. The van der Waals surface area contributed by atoms with Crippen molar-refractivity contribution < 1.29 is 14.8 Å². The van der Waals surface area contributed by atoms with Gasteiger partial charge >= 0.3 is 5.97 Å². The Bertz CT molecular complexity index is 719. The Labute approximate surface area is 114 Å². The minimum absolute atomic E-state index is 0.101. The summed E-state index contributed by atoms with van der Waals surface area (Å²) in [6.07, 6.45) is 0. The quantitative estimate of drug-likeness (QED) is 0.685. The van der Waals surface area contributed by atoms with Crippen molar-refractivity contribution in [2.24, 2.45) is 0 Å². The van der Waals surface area contributed by atoms with Gasteiger partial charge in [0.05, 0.1) is 4.92 Å². The molecule has 0 bridgehead atoms. The van der Waals surface area contributed by atoms with Gasteiger partial charge in [0.2, 0.25) is 0 Å². The Kier molecular flexibility index (Phi) is 3.27. The molecule has 0 saturated heterocycles. The summed E-state index contributed by atoms with van der Waals surface area (Å²) in [4.78, 5) is 21.6. The lowest BCUT2D eigenvalue weighted by Gasteiger charge is -2.08. The molecule has 104 valence electrons. The summed E-state index contributed by atoms with van der Waals surface area (Å²) >= 11 is 0. The molecule has 0 spiro atoms. The topological polar surface area (TPSA) is 98.3 Å². The summed E-state index contributed by atoms with van der Waals surface area (Å²) in [5, 5.41) is 24.0. The Hall–Kier alpha value is -2.70. The minimum atomic E-state index is -1.17. The molecule has 1 N–H and O–H groups in total. The average molecular weight is 275 g/mol. The highest BCUT2D eigenvalue weighted by Gasteiger charge is 2.21. The molecule has 7 nitrogen and oxygen atoms in total. The molecule has 0 aliphatic heterocycles. The number of hydrogen-bond donors (Lipinski definition) is 1. The molecule has 0 saturated carbocycles. The minimum Gasteiger partial charge on any atom is -0.476 e. The third kappa shape index (κ3) is 2.25. The zero-order valence-corrected chi connectivity index (χ0v) is 11.2. The number of aromatic carboxylic acids is 1. The van der Waals surface area contributed by atoms with Gasteiger partial charge in [-0.25, -0.2) is 9.48 Å². The van der Waals surface area contributed by atoms with E-state index in [4.69, 9.17) is 5.11 Å².